The van der Waals surface area contributed by atoms with Crippen LogP contribution in [0.2, 0.25) is 0 Å². The molecule has 4 nitrogen and oxygen atoms in total. The van der Waals surface area contributed by atoms with Gasteiger partial charge in [0.05, 0.1) is 69.2 Å². The van der Waals surface area contributed by atoms with Crippen molar-refractivity contribution >= 4 is 0 Å². The van der Waals surface area contributed by atoms with Gasteiger partial charge >= 0.3 is 0 Å². The van der Waals surface area contributed by atoms with Gasteiger partial charge in [0, 0.05) is 0 Å². The second kappa shape index (κ2) is 19.3. The molecule has 0 saturated heterocycles. The normalized spacial score (nSPS) is 14.7. The van der Waals surface area contributed by atoms with Crippen molar-refractivity contribution in [1.82, 2.24) is 19.9 Å². The van der Waals surface area contributed by atoms with Crippen LogP contribution in [0.25, 0.3) is 0 Å². The molecule has 0 fully saturated rings. The maximum absolute atomic E-state index is 6.17. The quantitative estimate of drug-likeness (QED) is 0.152. The predicted molar refractivity (Wildman–Crippen MR) is 304 cm³/mol. The van der Waals surface area contributed by atoms with Crippen molar-refractivity contribution in [2.45, 2.75) is 21.7 Å². The SMILES string of the molecule is c1ccc(C2(c3ccccc3)c3cccc(c3)C(c3ccccc3)(c3ccccc3)c3cncc(n3)C(c3ccccc3)(c3ccccc3)c3cccc(c3)C(c3ccccc3)(c3ccccc3)c3cncc2n3)cc1. The Labute approximate surface area is 444 Å². The molecule has 2 aromatic heterocycles. The van der Waals surface area contributed by atoms with Gasteiger partial charge in [-0.25, -0.2) is 0 Å². The van der Waals surface area contributed by atoms with Gasteiger partial charge in [0.25, 0.3) is 0 Å². The van der Waals surface area contributed by atoms with Crippen molar-refractivity contribution in [2.75, 3.05) is 0 Å². The lowest BCUT2D eigenvalue weighted by Crippen LogP contribution is -2.39. The molecule has 3 heterocycles. The Balaban J connectivity index is 1.29. The van der Waals surface area contributed by atoms with E-state index in [0.29, 0.717) is 0 Å². The molecule has 0 atom stereocenters. The zero-order chi connectivity index (χ0) is 50.8. The van der Waals surface area contributed by atoms with Crippen LogP contribution >= 0.6 is 0 Å². The lowest BCUT2D eigenvalue weighted by Gasteiger charge is -2.42. The Morgan fingerprint density at radius 3 is 0.500 bits per heavy atom. The van der Waals surface area contributed by atoms with Crippen LogP contribution in [0.5, 0.6) is 0 Å². The third-order valence-electron chi connectivity index (χ3n) is 15.9. The molecule has 0 spiro atoms. The maximum Gasteiger partial charge on any atom is 0.0889 e. The van der Waals surface area contributed by atoms with Gasteiger partial charge in [-0.05, 0) is 66.8 Å². The minimum atomic E-state index is -0.998. The van der Waals surface area contributed by atoms with Crippen molar-refractivity contribution in [3.05, 3.63) is 406 Å². The van der Waals surface area contributed by atoms with Gasteiger partial charge in [0.2, 0.25) is 0 Å². The van der Waals surface area contributed by atoms with E-state index in [2.05, 4.69) is 291 Å². The van der Waals surface area contributed by atoms with Gasteiger partial charge < -0.3 is 0 Å². The van der Waals surface area contributed by atoms with Crippen molar-refractivity contribution in [2.24, 2.45) is 0 Å². The fraction of sp³-hybridized carbons (Fsp3) is 0.0556. The Morgan fingerprint density at radius 2 is 0.329 bits per heavy atom. The average Bonchev–Trinajstić information content (AvgIpc) is 3.53. The summed E-state index contributed by atoms with van der Waals surface area (Å²) < 4.78 is 0. The standard InChI is InChI=1S/C72H52N4/c1-9-27-53(28-10-1)69(54-29-11-2-12-30-54)61-43-25-44-62(47-61)70(55-31-13-3-14-32-55,56-33-15-4-16-34-56)67-51-74-52-68(76-67)72(59-39-21-7-22-40-59,60-41-23-8-24-42-60)64-46-26-45-63(48-64)71(57-35-17-5-18-36-57,58-37-19-6-20-38-58)66-50-73-49-65(69)75-66/h1-52H. The topological polar surface area (TPSA) is 51.6 Å². The Kier molecular flexibility index (Phi) is 11.7. The molecular weight excluding hydrogens is 921 g/mol. The summed E-state index contributed by atoms with van der Waals surface area (Å²) in [6.07, 6.45) is 7.96. The minimum absolute atomic E-state index is 0.786. The Hall–Kier alpha value is -9.64. The molecular formula is C72H52N4. The number of hydrogen-bond acceptors (Lipinski definition) is 4. The first-order chi connectivity index (χ1) is 37.7. The number of rotatable bonds is 8. The second-order valence-corrected chi connectivity index (χ2v) is 19.7. The third kappa shape index (κ3) is 7.13. The van der Waals surface area contributed by atoms with Crippen molar-refractivity contribution in [3.8, 4) is 0 Å². The smallest absolute Gasteiger partial charge is 0.0889 e. The van der Waals surface area contributed by atoms with Crippen LogP contribution in [0.15, 0.2) is 316 Å². The number of benzene rings is 10. The molecule has 1 aliphatic rings. The molecule has 0 N–H and O–H groups in total. The van der Waals surface area contributed by atoms with E-state index in [4.69, 9.17) is 19.9 Å². The Morgan fingerprint density at radius 1 is 0.171 bits per heavy atom. The lowest BCUT2D eigenvalue weighted by atomic mass is 9.62. The van der Waals surface area contributed by atoms with Crippen molar-refractivity contribution in [3.63, 3.8) is 0 Å². The number of fused-ring (bicyclic) bond motifs is 8. The molecule has 1 aliphatic heterocycles. The highest BCUT2D eigenvalue weighted by Gasteiger charge is 2.49. The van der Waals surface area contributed by atoms with Gasteiger partial charge in [0.15, 0.2) is 0 Å². The summed E-state index contributed by atoms with van der Waals surface area (Å²) in [6.45, 7) is 0. The summed E-state index contributed by atoms with van der Waals surface area (Å²) in [5.41, 5.74) is 11.7. The van der Waals surface area contributed by atoms with Crippen LogP contribution in [0.3, 0.4) is 0 Å². The first kappa shape index (κ1) is 46.2. The molecule has 12 aromatic rings. The van der Waals surface area contributed by atoms with Crippen LogP contribution in [-0.2, 0) is 21.7 Å². The van der Waals surface area contributed by atoms with E-state index in [-0.39, 0.29) is 0 Å². The maximum atomic E-state index is 6.17. The summed E-state index contributed by atoms with van der Waals surface area (Å²) in [7, 11) is 0. The van der Waals surface area contributed by atoms with Crippen LogP contribution in [0.4, 0.5) is 0 Å². The summed E-state index contributed by atoms with van der Waals surface area (Å²) >= 11 is 0. The van der Waals surface area contributed by atoms with E-state index in [1.165, 1.54) is 0 Å². The van der Waals surface area contributed by atoms with E-state index in [9.17, 15) is 0 Å². The molecule has 0 unspecified atom stereocenters. The van der Waals surface area contributed by atoms with Crippen LogP contribution in [0, 0.1) is 0 Å². The molecule has 4 heteroatoms. The average molecular weight is 973 g/mol. The highest BCUT2D eigenvalue weighted by molar-refractivity contribution is 5.67. The molecule has 0 saturated carbocycles. The zero-order valence-corrected chi connectivity index (χ0v) is 41.8. The van der Waals surface area contributed by atoms with Crippen molar-refractivity contribution < 1.29 is 0 Å². The molecule has 0 aliphatic carbocycles. The minimum Gasteiger partial charge on any atom is -0.261 e. The van der Waals surface area contributed by atoms with E-state index < -0.39 is 21.7 Å². The largest absolute Gasteiger partial charge is 0.261 e. The van der Waals surface area contributed by atoms with Crippen LogP contribution in [0.1, 0.15) is 89.5 Å². The first-order valence-electron chi connectivity index (χ1n) is 26.0. The molecule has 76 heavy (non-hydrogen) atoms. The van der Waals surface area contributed by atoms with Crippen LogP contribution in [-0.4, -0.2) is 19.9 Å². The fourth-order valence-electron chi connectivity index (χ4n) is 12.7. The first-order valence-corrected chi connectivity index (χ1v) is 26.0. The summed E-state index contributed by atoms with van der Waals surface area (Å²) in [5.74, 6) is 0. The van der Waals surface area contributed by atoms with Gasteiger partial charge in [0.1, 0.15) is 0 Å². The molecule has 0 radical (unpaired) electrons. The fourth-order valence-corrected chi connectivity index (χ4v) is 12.7. The predicted octanol–water partition coefficient (Wildman–Crippen LogP) is 15.1. The van der Waals surface area contributed by atoms with E-state index >= 15 is 0 Å². The summed E-state index contributed by atoms with van der Waals surface area (Å²) in [5, 5.41) is 0. The number of nitrogens with zero attached hydrogens (tertiary/aromatic N) is 4. The van der Waals surface area contributed by atoms with Crippen molar-refractivity contribution in [1.29, 1.82) is 0 Å². The van der Waals surface area contributed by atoms with Gasteiger partial charge in [-0.15, -0.1) is 0 Å². The second-order valence-electron chi connectivity index (χ2n) is 19.7. The monoisotopic (exact) mass is 972 g/mol. The third-order valence-corrected chi connectivity index (χ3v) is 15.9. The number of hydrogen-bond donors (Lipinski definition) is 0. The molecule has 13 rings (SSSR count). The molecule has 360 valence electrons. The molecule has 10 aromatic carbocycles. The Bertz CT molecular complexity index is 3150. The number of aromatic nitrogens is 4. The van der Waals surface area contributed by atoms with Gasteiger partial charge in [-0.3, -0.25) is 19.9 Å². The van der Waals surface area contributed by atoms with E-state index in [1.807, 2.05) is 24.8 Å². The molecule has 0 amide bonds. The lowest BCUT2D eigenvalue weighted by molar-refractivity contribution is 0.636. The van der Waals surface area contributed by atoms with Crippen LogP contribution < -0.4 is 0 Å². The van der Waals surface area contributed by atoms with E-state index in [1.54, 1.807) is 0 Å². The van der Waals surface area contributed by atoms with Gasteiger partial charge in [-0.2, -0.15) is 0 Å². The summed E-state index contributed by atoms with van der Waals surface area (Å²) in [4.78, 5) is 23.1. The van der Waals surface area contributed by atoms with Gasteiger partial charge in [-0.1, -0.05) is 291 Å². The summed E-state index contributed by atoms with van der Waals surface area (Å²) in [6, 6.07) is 105. The molecule has 8 bridgehead atoms. The van der Waals surface area contributed by atoms with E-state index in [0.717, 1.165) is 89.5 Å². The zero-order valence-electron chi connectivity index (χ0n) is 41.8. The highest BCUT2D eigenvalue weighted by atomic mass is 14.9. The highest BCUT2D eigenvalue weighted by Crippen LogP contribution is 2.53.